The van der Waals surface area contributed by atoms with Crippen LogP contribution in [0.3, 0.4) is 0 Å². The summed E-state index contributed by atoms with van der Waals surface area (Å²) < 4.78 is 33.7. The van der Waals surface area contributed by atoms with Crippen molar-refractivity contribution >= 4 is 32.5 Å². The van der Waals surface area contributed by atoms with E-state index in [0.717, 1.165) is 58.4 Å². The smallest absolute Gasteiger partial charge is 0.339 e. The summed E-state index contributed by atoms with van der Waals surface area (Å²) in [5, 5.41) is 2.50. The van der Waals surface area contributed by atoms with Crippen LogP contribution in [0.2, 0.25) is 0 Å². The van der Waals surface area contributed by atoms with Crippen molar-refractivity contribution in [1.82, 2.24) is 9.55 Å². The number of nitrogens with zero attached hydrogens (tertiary/aromatic N) is 2. The van der Waals surface area contributed by atoms with Crippen molar-refractivity contribution in [3.63, 3.8) is 0 Å². The SMILES string of the molecule is CCCCc1nc2ccc(NC(Cc3ccccc3)S(C)(=O)=O)cc2n1Cc1ccc(-c2ccccc2)c(C(=O)OC(C)(C)C)c1. The molecule has 0 fully saturated rings. The number of ether oxygens (including phenoxy) is 1. The number of hydrogen-bond donors (Lipinski definition) is 1. The van der Waals surface area contributed by atoms with Crippen LogP contribution in [-0.2, 0) is 34.0 Å². The number of hydrogen-bond acceptors (Lipinski definition) is 6. The zero-order valence-corrected chi connectivity index (χ0v) is 28.1. The Hall–Kier alpha value is -4.43. The van der Waals surface area contributed by atoms with Gasteiger partial charge in [-0.3, -0.25) is 0 Å². The van der Waals surface area contributed by atoms with Gasteiger partial charge in [-0.15, -0.1) is 0 Å². The minimum Gasteiger partial charge on any atom is -0.456 e. The Balaban J connectivity index is 1.54. The van der Waals surface area contributed by atoms with Gasteiger partial charge in [-0.1, -0.05) is 86.1 Å². The minimum atomic E-state index is -3.41. The van der Waals surface area contributed by atoms with Crippen LogP contribution in [0, 0.1) is 0 Å². The second kappa shape index (κ2) is 13.9. The number of sulfone groups is 1. The topological polar surface area (TPSA) is 90.3 Å². The highest BCUT2D eigenvalue weighted by molar-refractivity contribution is 7.91. The lowest BCUT2D eigenvalue weighted by molar-refractivity contribution is 0.00702. The largest absolute Gasteiger partial charge is 0.456 e. The Labute approximate surface area is 272 Å². The van der Waals surface area contributed by atoms with Crippen molar-refractivity contribution < 1.29 is 17.9 Å². The second-order valence-electron chi connectivity index (χ2n) is 12.8. The zero-order chi connectivity index (χ0) is 32.9. The second-order valence-corrected chi connectivity index (χ2v) is 15.0. The lowest BCUT2D eigenvalue weighted by atomic mass is 9.97. The van der Waals surface area contributed by atoms with Crippen LogP contribution in [-0.4, -0.2) is 41.2 Å². The van der Waals surface area contributed by atoms with Crippen LogP contribution in [0.4, 0.5) is 5.69 Å². The molecule has 0 saturated heterocycles. The van der Waals surface area contributed by atoms with Crippen molar-refractivity contribution in [2.75, 3.05) is 11.6 Å². The number of aryl methyl sites for hydroxylation is 1. The van der Waals surface area contributed by atoms with Crippen LogP contribution in [0.1, 0.15) is 67.8 Å². The zero-order valence-electron chi connectivity index (χ0n) is 27.3. The predicted molar refractivity (Wildman–Crippen MR) is 187 cm³/mol. The molecule has 0 aliphatic rings. The predicted octanol–water partition coefficient (Wildman–Crippen LogP) is 8.07. The number of rotatable bonds is 12. The lowest BCUT2D eigenvalue weighted by Gasteiger charge is -2.21. The van der Waals surface area contributed by atoms with Gasteiger partial charge in [0.05, 0.1) is 16.6 Å². The molecular formula is C38H43N3O4S. The number of imidazole rings is 1. The molecule has 1 N–H and O–H groups in total. The number of carbonyl (C=O) groups is 1. The normalized spacial score (nSPS) is 12.6. The molecule has 0 saturated carbocycles. The number of aromatic nitrogens is 2. The Bertz CT molecular complexity index is 1910. The molecule has 1 heterocycles. The van der Waals surface area contributed by atoms with Crippen LogP contribution in [0.25, 0.3) is 22.2 Å². The third-order valence-electron chi connectivity index (χ3n) is 7.82. The van der Waals surface area contributed by atoms with Gasteiger partial charge in [0.1, 0.15) is 16.8 Å². The molecule has 0 bridgehead atoms. The fraction of sp³-hybridized carbons (Fsp3) is 0.316. The number of carbonyl (C=O) groups excluding carboxylic acids is 1. The van der Waals surface area contributed by atoms with E-state index in [-0.39, 0.29) is 5.97 Å². The van der Waals surface area contributed by atoms with Gasteiger partial charge in [-0.05, 0) is 73.7 Å². The molecule has 1 atom stereocenters. The van der Waals surface area contributed by atoms with Crippen molar-refractivity contribution in [3.8, 4) is 11.1 Å². The van der Waals surface area contributed by atoms with Gasteiger partial charge in [0.15, 0.2) is 9.84 Å². The van der Waals surface area contributed by atoms with Gasteiger partial charge < -0.3 is 14.6 Å². The van der Waals surface area contributed by atoms with Gasteiger partial charge in [0.2, 0.25) is 0 Å². The molecule has 0 spiro atoms. The van der Waals surface area contributed by atoms with Crippen LogP contribution >= 0.6 is 0 Å². The Morgan fingerprint density at radius 2 is 1.61 bits per heavy atom. The quantitative estimate of drug-likeness (QED) is 0.139. The van der Waals surface area contributed by atoms with Crippen molar-refractivity contribution in [3.05, 3.63) is 120 Å². The summed E-state index contributed by atoms with van der Waals surface area (Å²) in [7, 11) is -3.41. The third-order valence-corrected chi connectivity index (χ3v) is 9.14. The van der Waals surface area contributed by atoms with Gasteiger partial charge in [0.25, 0.3) is 0 Å². The summed E-state index contributed by atoms with van der Waals surface area (Å²) in [4.78, 5) is 18.5. The molecule has 0 aliphatic carbocycles. The van der Waals surface area contributed by atoms with Crippen LogP contribution < -0.4 is 5.32 Å². The van der Waals surface area contributed by atoms with E-state index in [1.54, 1.807) is 0 Å². The number of anilines is 1. The first kappa shape index (κ1) is 32.9. The molecule has 5 rings (SSSR count). The molecule has 4 aromatic carbocycles. The van der Waals surface area contributed by atoms with E-state index in [1.807, 2.05) is 118 Å². The van der Waals surface area contributed by atoms with Gasteiger partial charge in [-0.25, -0.2) is 18.2 Å². The van der Waals surface area contributed by atoms with Gasteiger partial charge >= 0.3 is 5.97 Å². The van der Waals surface area contributed by atoms with Gasteiger partial charge in [-0.2, -0.15) is 0 Å². The summed E-state index contributed by atoms with van der Waals surface area (Å²) in [6, 6.07) is 31.2. The molecule has 1 aromatic heterocycles. The summed E-state index contributed by atoms with van der Waals surface area (Å²) in [5.74, 6) is 0.579. The Morgan fingerprint density at radius 3 is 2.26 bits per heavy atom. The van der Waals surface area contributed by atoms with E-state index < -0.39 is 20.8 Å². The van der Waals surface area contributed by atoms with E-state index in [9.17, 15) is 13.2 Å². The van der Waals surface area contributed by atoms with E-state index in [4.69, 9.17) is 9.72 Å². The lowest BCUT2D eigenvalue weighted by Crippen LogP contribution is -2.31. The van der Waals surface area contributed by atoms with Crippen LogP contribution in [0.5, 0.6) is 0 Å². The summed E-state index contributed by atoms with van der Waals surface area (Å²) in [6.07, 6.45) is 4.42. The number of nitrogens with one attached hydrogen (secondary N) is 1. The summed E-state index contributed by atoms with van der Waals surface area (Å²) in [6.45, 7) is 8.25. The first-order valence-electron chi connectivity index (χ1n) is 15.8. The van der Waals surface area contributed by atoms with Crippen molar-refractivity contribution in [2.24, 2.45) is 0 Å². The van der Waals surface area contributed by atoms with E-state index in [2.05, 4.69) is 16.8 Å². The molecule has 0 amide bonds. The number of unbranched alkanes of at least 4 members (excludes halogenated alkanes) is 1. The fourth-order valence-corrected chi connectivity index (χ4v) is 6.38. The molecule has 8 heteroatoms. The fourth-order valence-electron chi connectivity index (χ4n) is 5.53. The van der Waals surface area contributed by atoms with E-state index in [1.165, 1.54) is 6.26 Å². The molecule has 0 aliphatic heterocycles. The number of benzene rings is 4. The maximum absolute atomic E-state index is 13.5. The molecule has 1 unspecified atom stereocenters. The highest BCUT2D eigenvalue weighted by atomic mass is 32.2. The first-order chi connectivity index (χ1) is 21.9. The maximum atomic E-state index is 13.5. The first-order valence-corrected chi connectivity index (χ1v) is 17.8. The number of esters is 1. The summed E-state index contributed by atoms with van der Waals surface area (Å²) in [5.41, 5.74) is 5.96. The standard InChI is InChI=1S/C38H43N3O4S/c1-6-7-18-35-40-33-22-20-30(39-36(46(5,43)44)24-27-14-10-8-11-15-27)25-34(33)41(35)26-28-19-21-31(29-16-12-9-13-17-29)32(23-28)37(42)45-38(2,3)4/h8-17,19-23,25,36,39H,6-7,18,24,26H2,1-5H3. The summed E-state index contributed by atoms with van der Waals surface area (Å²) >= 11 is 0. The highest BCUT2D eigenvalue weighted by Gasteiger charge is 2.24. The highest BCUT2D eigenvalue weighted by Crippen LogP contribution is 2.29. The molecule has 5 aromatic rings. The average molecular weight is 638 g/mol. The Kier molecular flexibility index (Phi) is 9.97. The monoisotopic (exact) mass is 637 g/mol. The average Bonchev–Trinajstić information content (AvgIpc) is 3.35. The minimum absolute atomic E-state index is 0.347. The molecular weight excluding hydrogens is 595 g/mol. The third kappa shape index (κ3) is 8.23. The number of fused-ring (bicyclic) bond motifs is 1. The van der Waals surface area contributed by atoms with Gasteiger partial charge in [0, 0.05) is 31.3 Å². The van der Waals surface area contributed by atoms with Crippen molar-refractivity contribution in [2.45, 2.75) is 70.9 Å². The molecule has 0 radical (unpaired) electrons. The molecule has 7 nitrogen and oxygen atoms in total. The molecule has 46 heavy (non-hydrogen) atoms. The van der Waals surface area contributed by atoms with Crippen molar-refractivity contribution in [1.29, 1.82) is 0 Å². The van der Waals surface area contributed by atoms with E-state index >= 15 is 0 Å². The Morgan fingerprint density at radius 1 is 0.913 bits per heavy atom. The van der Waals surface area contributed by atoms with E-state index in [0.29, 0.717) is 24.2 Å². The van der Waals surface area contributed by atoms with Crippen LogP contribution in [0.15, 0.2) is 97.1 Å². The molecule has 240 valence electrons. The maximum Gasteiger partial charge on any atom is 0.339 e.